The zero-order valence-electron chi connectivity index (χ0n) is 10.9. The van der Waals surface area contributed by atoms with Crippen LogP contribution in [-0.2, 0) is 0 Å². The van der Waals surface area contributed by atoms with Crippen LogP contribution in [0.5, 0.6) is 5.75 Å². The maximum absolute atomic E-state index is 10.3. The highest BCUT2D eigenvalue weighted by molar-refractivity contribution is 6.83. The standard InChI is InChI=1S/C14H20O2Si/c1-6-13(17(3,4)5)14(15)11-7-9-12(16-2)10-8-11/h7-10,14-15H,1H2,2-5H3. The molecular formula is C14H20O2Si. The van der Waals surface area contributed by atoms with Gasteiger partial charge in [0.25, 0.3) is 0 Å². The SMILES string of the molecule is C=C=C(C(O)c1ccc(OC)cc1)[Si](C)(C)C. The largest absolute Gasteiger partial charge is 0.497 e. The van der Waals surface area contributed by atoms with Crippen molar-refractivity contribution >= 4 is 8.07 Å². The zero-order valence-corrected chi connectivity index (χ0v) is 11.9. The number of aliphatic hydroxyl groups is 1. The van der Waals surface area contributed by atoms with Crippen molar-refractivity contribution < 1.29 is 9.84 Å². The van der Waals surface area contributed by atoms with E-state index in [0.29, 0.717) is 0 Å². The van der Waals surface area contributed by atoms with E-state index in [4.69, 9.17) is 4.74 Å². The lowest BCUT2D eigenvalue weighted by Crippen LogP contribution is -2.27. The fraction of sp³-hybridized carbons (Fsp3) is 0.357. The van der Waals surface area contributed by atoms with Crippen molar-refractivity contribution in [2.75, 3.05) is 7.11 Å². The van der Waals surface area contributed by atoms with E-state index in [1.165, 1.54) is 0 Å². The molecule has 1 aromatic rings. The second-order valence-corrected chi connectivity index (χ2v) is 10.1. The summed E-state index contributed by atoms with van der Waals surface area (Å²) in [6.07, 6.45) is -0.606. The van der Waals surface area contributed by atoms with Gasteiger partial charge >= 0.3 is 0 Å². The molecule has 0 saturated heterocycles. The predicted molar refractivity (Wildman–Crippen MR) is 74.0 cm³/mol. The fourth-order valence-corrected chi connectivity index (χ4v) is 3.24. The zero-order chi connectivity index (χ0) is 13.1. The molecule has 0 amide bonds. The second kappa shape index (κ2) is 5.37. The molecule has 0 bridgehead atoms. The summed E-state index contributed by atoms with van der Waals surface area (Å²) < 4.78 is 5.10. The normalized spacial score (nSPS) is 12.8. The second-order valence-electron chi connectivity index (χ2n) is 5.02. The molecule has 3 heteroatoms. The molecule has 1 aromatic carbocycles. The summed E-state index contributed by atoms with van der Waals surface area (Å²) in [5.41, 5.74) is 3.78. The Morgan fingerprint density at radius 2 is 1.82 bits per heavy atom. The maximum atomic E-state index is 10.3. The molecule has 1 N–H and O–H groups in total. The number of ether oxygens (including phenoxy) is 1. The Kier molecular flexibility index (Phi) is 4.35. The van der Waals surface area contributed by atoms with Crippen molar-refractivity contribution in [3.05, 3.63) is 47.3 Å². The highest BCUT2D eigenvalue weighted by Gasteiger charge is 2.26. The number of hydrogen-bond acceptors (Lipinski definition) is 2. The average molecular weight is 248 g/mol. The third-order valence-corrected chi connectivity index (χ3v) is 4.77. The molecule has 0 fully saturated rings. The van der Waals surface area contributed by atoms with Crippen molar-refractivity contribution in [3.63, 3.8) is 0 Å². The summed E-state index contributed by atoms with van der Waals surface area (Å²) in [6, 6.07) is 7.45. The minimum atomic E-state index is -1.59. The average Bonchev–Trinajstić information content (AvgIpc) is 2.28. The summed E-state index contributed by atoms with van der Waals surface area (Å²) >= 11 is 0. The number of methoxy groups -OCH3 is 1. The minimum Gasteiger partial charge on any atom is -0.497 e. The summed E-state index contributed by atoms with van der Waals surface area (Å²) in [7, 11) is 0.0349. The number of benzene rings is 1. The van der Waals surface area contributed by atoms with Crippen molar-refractivity contribution in [2.24, 2.45) is 0 Å². The van der Waals surface area contributed by atoms with Crippen LogP contribution in [0.2, 0.25) is 19.6 Å². The summed E-state index contributed by atoms with van der Waals surface area (Å²) in [6.45, 7) is 10.2. The van der Waals surface area contributed by atoms with Crippen LogP contribution in [0.1, 0.15) is 11.7 Å². The Morgan fingerprint density at radius 1 is 1.29 bits per heavy atom. The molecular weight excluding hydrogens is 228 g/mol. The van der Waals surface area contributed by atoms with Crippen molar-refractivity contribution in [3.8, 4) is 5.75 Å². The highest BCUT2D eigenvalue weighted by atomic mass is 28.3. The molecule has 0 heterocycles. The van der Waals surface area contributed by atoms with Gasteiger partial charge in [0.2, 0.25) is 0 Å². The van der Waals surface area contributed by atoms with E-state index in [1.807, 2.05) is 24.3 Å². The molecule has 0 spiro atoms. The Balaban J connectivity index is 3.03. The van der Waals surface area contributed by atoms with Gasteiger partial charge in [0.05, 0.1) is 15.2 Å². The maximum Gasteiger partial charge on any atom is 0.118 e. The minimum absolute atomic E-state index is 0.606. The molecule has 0 radical (unpaired) electrons. The van der Waals surface area contributed by atoms with Gasteiger partial charge in [-0.15, -0.1) is 5.73 Å². The smallest absolute Gasteiger partial charge is 0.118 e. The third-order valence-electron chi connectivity index (χ3n) is 2.70. The van der Waals surface area contributed by atoms with Crippen LogP contribution >= 0.6 is 0 Å². The first-order valence-electron chi connectivity index (χ1n) is 5.62. The molecule has 92 valence electrons. The van der Waals surface area contributed by atoms with E-state index in [0.717, 1.165) is 16.5 Å². The van der Waals surface area contributed by atoms with E-state index in [9.17, 15) is 5.11 Å². The van der Waals surface area contributed by atoms with Gasteiger partial charge in [-0.25, -0.2) is 0 Å². The first-order chi connectivity index (χ1) is 7.90. The lowest BCUT2D eigenvalue weighted by Gasteiger charge is -2.24. The first-order valence-corrected chi connectivity index (χ1v) is 9.12. The van der Waals surface area contributed by atoms with Gasteiger partial charge in [-0.2, -0.15) is 0 Å². The van der Waals surface area contributed by atoms with Gasteiger partial charge in [0.15, 0.2) is 0 Å². The highest BCUT2D eigenvalue weighted by Crippen LogP contribution is 2.29. The molecule has 1 unspecified atom stereocenters. The van der Waals surface area contributed by atoms with E-state index < -0.39 is 14.2 Å². The van der Waals surface area contributed by atoms with E-state index >= 15 is 0 Å². The predicted octanol–water partition coefficient (Wildman–Crippen LogP) is 3.32. The molecule has 1 rings (SSSR count). The quantitative estimate of drug-likeness (QED) is 0.654. The molecule has 0 aliphatic heterocycles. The Hall–Kier alpha value is -1.28. The molecule has 1 atom stereocenters. The van der Waals surface area contributed by atoms with Crippen molar-refractivity contribution in [1.29, 1.82) is 0 Å². The number of hydrogen-bond donors (Lipinski definition) is 1. The lowest BCUT2D eigenvalue weighted by molar-refractivity contribution is 0.222. The van der Waals surface area contributed by atoms with Gasteiger partial charge in [-0.05, 0) is 22.9 Å². The summed E-state index contributed by atoms with van der Waals surface area (Å²) in [5.74, 6) is 0.790. The first kappa shape index (κ1) is 13.8. The number of aliphatic hydroxyl groups excluding tert-OH is 1. The number of rotatable bonds is 4. The topological polar surface area (TPSA) is 29.5 Å². The van der Waals surface area contributed by atoms with Crippen LogP contribution in [-0.4, -0.2) is 20.3 Å². The summed E-state index contributed by atoms with van der Waals surface area (Å²) in [4.78, 5) is 0. The van der Waals surface area contributed by atoms with Crippen LogP contribution in [0.15, 0.2) is 41.8 Å². The van der Waals surface area contributed by atoms with Crippen LogP contribution in [0, 0.1) is 0 Å². The molecule has 0 aliphatic rings. The molecule has 0 saturated carbocycles. The lowest BCUT2D eigenvalue weighted by atomic mass is 10.1. The van der Waals surface area contributed by atoms with Crippen molar-refractivity contribution in [1.82, 2.24) is 0 Å². The van der Waals surface area contributed by atoms with Crippen LogP contribution in [0.4, 0.5) is 0 Å². The van der Waals surface area contributed by atoms with Gasteiger partial charge in [0.1, 0.15) is 11.9 Å². The van der Waals surface area contributed by atoms with Gasteiger partial charge < -0.3 is 9.84 Å². The van der Waals surface area contributed by atoms with Gasteiger partial charge in [0, 0.05) is 0 Å². The Bertz CT molecular complexity index is 423. The van der Waals surface area contributed by atoms with Crippen LogP contribution < -0.4 is 4.74 Å². The van der Waals surface area contributed by atoms with Crippen LogP contribution in [0.25, 0.3) is 0 Å². The third kappa shape index (κ3) is 3.33. The molecule has 0 aromatic heterocycles. The van der Waals surface area contributed by atoms with Gasteiger partial charge in [-0.3, -0.25) is 0 Å². The van der Waals surface area contributed by atoms with Gasteiger partial charge in [-0.1, -0.05) is 38.4 Å². The Morgan fingerprint density at radius 3 is 2.18 bits per heavy atom. The molecule has 0 aliphatic carbocycles. The van der Waals surface area contributed by atoms with E-state index in [2.05, 4.69) is 32.0 Å². The summed E-state index contributed by atoms with van der Waals surface area (Å²) in [5, 5.41) is 11.3. The van der Waals surface area contributed by atoms with E-state index in [1.54, 1.807) is 7.11 Å². The monoisotopic (exact) mass is 248 g/mol. The van der Waals surface area contributed by atoms with Crippen LogP contribution in [0.3, 0.4) is 0 Å². The van der Waals surface area contributed by atoms with E-state index in [-0.39, 0.29) is 0 Å². The molecule has 17 heavy (non-hydrogen) atoms. The molecule has 2 nitrogen and oxygen atoms in total. The van der Waals surface area contributed by atoms with Crippen molar-refractivity contribution in [2.45, 2.75) is 25.7 Å². The Labute approximate surface area is 104 Å². The fourth-order valence-electron chi connectivity index (χ4n) is 1.72.